The van der Waals surface area contributed by atoms with Crippen LogP contribution in [0.15, 0.2) is 30.3 Å². The predicted octanol–water partition coefficient (Wildman–Crippen LogP) is 1.57. The molecule has 1 saturated heterocycles. The number of morpholine rings is 1. The van der Waals surface area contributed by atoms with Gasteiger partial charge in [-0.15, -0.1) is 0 Å². The Hall–Kier alpha value is -2.14. The number of rotatable bonds is 4. The van der Waals surface area contributed by atoms with Gasteiger partial charge in [0.05, 0.1) is 13.2 Å². The van der Waals surface area contributed by atoms with Crippen molar-refractivity contribution >= 4 is 18.0 Å². The quantitative estimate of drug-likeness (QED) is 0.855. The van der Waals surface area contributed by atoms with E-state index < -0.39 is 12.0 Å². The summed E-state index contributed by atoms with van der Waals surface area (Å²) in [5, 5.41) is 9.10. The Kier molecular flexibility index (Phi) is 5.11. The molecule has 2 rings (SSSR count). The second kappa shape index (κ2) is 7.04. The van der Waals surface area contributed by atoms with Crippen LogP contribution in [0.2, 0.25) is 0 Å². The molecule has 1 amide bonds. The zero-order valence-electron chi connectivity index (χ0n) is 12.0. The van der Waals surface area contributed by atoms with Crippen LogP contribution in [0.4, 0.5) is 0 Å². The molecular formula is C16H19NO4. The largest absolute Gasteiger partial charge is 0.480 e. The molecule has 1 atom stereocenters. The number of hydrogen-bond acceptors (Lipinski definition) is 3. The van der Waals surface area contributed by atoms with Crippen LogP contribution in [0.1, 0.15) is 18.1 Å². The van der Waals surface area contributed by atoms with Gasteiger partial charge in [-0.1, -0.05) is 31.2 Å². The Morgan fingerprint density at radius 1 is 1.38 bits per heavy atom. The fraction of sp³-hybridized carbons (Fsp3) is 0.375. The molecule has 1 N–H and O–H groups in total. The summed E-state index contributed by atoms with van der Waals surface area (Å²) in [6.45, 7) is 2.79. The van der Waals surface area contributed by atoms with E-state index in [0.717, 1.165) is 12.0 Å². The minimum absolute atomic E-state index is 0.0418. The number of hydrogen-bond donors (Lipinski definition) is 1. The molecule has 1 aliphatic heterocycles. The number of carboxylic acids is 1. The van der Waals surface area contributed by atoms with Gasteiger partial charge < -0.3 is 14.7 Å². The average molecular weight is 289 g/mol. The van der Waals surface area contributed by atoms with Gasteiger partial charge in [0.1, 0.15) is 0 Å². The van der Waals surface area contributed by atoms with Crippen LogP contribution in [0.5, 0.6) is 0 Å². The Labute approximate surface area is 123 Å². The van der Waals surface area contributed by atoms with Crippen LogP contribution < -0.4 is 0 Å². The van der Waals surface area contributed by atoms with Crippen molar-refractivity contribution in [2.45, 2.75) is 19.4 Å². The minimum atomic E-state index is -1.04. The second-order valence-electron chi connectivity index (χ2n) is 4.89. The highest BCUT2D eigenvalue weighted by Gasteiger charge is 2.31. The molecule has 21 heavy (non-hydrogen) atoms. The first kappa shape index (κ1) is 15.3. The molecule has 1 aromatic carbocycles. The van der Waals surface area contributed by atoms with Gasteiger partial charge in [-0.05, 0) is 23.6 Å². The Morgan fingerprint density at radius 3 is 2.71 bits per heavy atom. The normalized spacial score (nSPS) is 18.9. The van der Waals surface area contributed by atoms with E-state index >= 15 is 0 Å². The van der Waals surface area contributed by atoms with Crippen molar-refractivity contribution in [3.63, 3.8) is 0 Å². The number of aryl methyl sites for hydroxylation is 1. The van der Waals surface area contributed by atoms with Crippen molar-refractivity contribution < 1.29 is 19.4 Å². The molecule has 0 spiro atoms. The molecule has 0 radical (unpaired) electrons. The van der Waals surface area contributed by atoms with E-state index in [1.54, 1.807) is 6.08 Å². The molecule has 1 aromatic rings. The van der Waals surface area contributed by atoms with Gasteiger partial charge in [-0.25, -0.2) is 4.79 Å². The van der Waals surface area contributed by atoms with E-state index in [0.29, 0.717) is 13.2 Å². The fourth-order valence-electron chi connectivity index (χ4n) is 2.20. The molecule has 112 valence electrons. The van der Waals surface area contributed by atoms with E-state index in [4.69, 9.17) is 9.84 Å². The maximum atomic E-state index is 12.1. The SMILES string of the molecule is CCc1ccc(C=CC(=O)N2CCOCC2C(=O)O)cc1. The first-order valence-electron chi connectivity index (χ1n) is 7.00. The van der Waals surface area contributed by atoms with Gasteiger partial charge in [-0.2, -0.15) is 0 Å². The van der Waals surface area contributed by atoms with Crippen LogP contribution in [-0.4, -0.2) is 47.7 Å². The number of carboxylic acid groups (broad SMARTS) is 1. The molecule has 1 heterocycles. The number of nitrogens with zero attached hydrogens (tertiary/aromatic N) is 1. The number of carbonyl (C=O) groups is 2. The van der Waals surface area contributed by atoms with Crippen LogP contribution in [0.3, 0.4) is 0 Å². The van der Waals surface area contributed by atoms with Gasteiger partial charge in [0.15, 0.2) is 6.04 Å². The first-order chi connectivity index (χ1) is 10.1. The third kappa shape index (κ3) is 3.92. The van der Waals surface area contributed by atoms with Crippen LogP contribution in [0.25, 0.3) is 6.08 Å². The Morgan fingerprint density at radius 2 is 2.10 bits per heavy atom. The molecule has 0 saturated carbocycles. The van der Waals surface area contributed by atoms with Crippen molar-refractivity contribution in [2.24, 2.45) is 0 Å². The van der Waals surface area contributed by atoms with Crippen molar-refractivity contribution in [3.8, 4) is 0 Å². The lowest BCUT2D eigenvalue weighted by Gasteiger charge is -2.31. The number of ether oxygens (including phenoxy) is 1. The van der Waals surface area contributed by atoms with Gasteiger partial charge in [0, 0.05) is 12.6 Å². The molecular weight excluding hydrogens is 270 g/mol. The summed E-state index contributed by atoms with van der Waals surface area (Å²) in [5.74, 6) is -1.34. The van der Waals surface area contributed by atoms with Crippen molar-refractivity contribution in [1.29, 1.82) is 0 Å². The van der Waals surface area contributed by atoms with Crippen molar-refractivity contribution in [2.75, 3.05) is 19.8 Å². The third-order valence-corrected chi connectivity index (χ3v) is 3.50. The summed E-state index contributed by atoms with van der Waals surface area (Å²) >= 11 is 0. The first-order valence-corrected chi connectivity index (χ1v) is 7.00. The maximum absolute atomic E-state index is 12.1. The Bertz CT molecular complexity index is 536. The summed E-state index contributed by atoms with van der Waals surface area (Å²) in [4.78, 5) is 24.6. The highest BCUT2D eigenvalue weighted by Crippen LogP contribution is 2.10. The van der Waals surface area contributed by atoms with Gasteiger partial charge in [-0.3, -0.25) is 4.79 Å². The number of benzene rings is 1. The van der Waals surface area contributed by atoms with Crippen LogP contribution in [-0.2, 0) is 20.7 Å². The second-order valence-corrected chi connectivity index (χ2v) is 4.89. The lowest BCUT2D eigenvalue weighted by molar-refractivity contribution is -0.156. The van der Waals surface area contributed by atoms with Crippen molar-refractivity contribution in [1.82, 2.24) is 4.90 Å². The number of carbonyl (C=O) groups excluding carboxylic acids is 1. The highest BCUT2D eigenvalue weighted by atomic mass is 16.5. The Balaban J connectivity index is 2.04. The van der Waals surface area contributed by atoms with Gasteiger partial charge in [0.25, 0.3) is 0 Å². The monoisotopic (exact) mass is 289 g/mol. The third-order valence-electron chi connectivity index (χ3n) is 3.50. The van der Waals surface area contributed by atoms with E-state index in [9.17, 15) is 9.59 Å². The van der Waals surface area contributed by atoms with E-state index in [1.165, 1.54) is 16.5 Å². The maximum Gasteiger partial charge on any atom is 0.328 e. The fourth-order valence-corrected chi connectivity index (χ4v) is 2.20. The minimum Gasteiger partial charge on any atom is -0.480 e. The smallest absolute Gasteiger partial charge is 0.328 e. The van der Waals surface area contributed by atoms with Gasteiger partial charge >= 0.3 is 5.97 Å². The van der Waals surface area contributed by atoms with E-state index in [2.05, 4.69) is 6.92 Å². The highest BCUT2D eigenvalue weighted by molar-refractivity contribution is 5.94. The topological polar surface area (TPSA) is 66.8 Å². The van der Waals surface area contributed by atoms with Crippen LogP contribution >= 0.6 is 0 Å². The standard InChI is InChI=1S/C16H19NO4/c1-2-12-3-5-13(6-4-12)7-8-15(18)17-9-10-21-11-14(17)16(19)20/h3-8,14H,2,9-11H2,1H3,(H,19,20). The average Bonchev–Trinajstić information content (AvgIpc) is 2.53. The predicted molar refractivity (Wildman–Crippen MR) is 78.8 cm³/mol. The van der Waals surface area contributed by atoms with E-state index in [1.807, 2.05) is 24.3 Å². The number of amides is 1. The van der Waals surface area contributed by atoms with Crippen LogP contribution in [0, 0.1) is 0 Å². The molecule has 0 aliphatic carbocycles. The van der Waals surface area contributed by atoms with E-state index in [-0.39, 0.29) is 12.5 Å². The molecule has 0 aromatic heterocycles. The zero-order chi connectivity index (χ0) is 15.2. The molecule has 1 aliphatic rings. The molecule has 0 bridgehead atoms. The summed E-state index contributed by atoms with van der Waals surface area (Å²) in [6.07, 6.45) is 4.09. The number of aliphatic carboxylic acids is 1. The molecule has 5 heteroatoms. The zero-order valence-corrected chi connectivity index (χ0v) is 12.0. The molecule has 1 fully saturated rings. The summed E-state index contributed by atoms with van der Waals surface area (Å²) < 4.78 is 5.11. The lowest BCUT2D eigenvalue weighted by Crippen LogP contribution is -2.52. The molecule has 1 unspecified atom stereocenters. The summed E-state index contributed by atoms with van der Waals surface area (Å²) in [6, 6.07) is 7.00. The summed E-state index contributed by atoms with van der Waals surface area (Å²) in [7, 11) is 0. The van der Waals surface area contributed by atoms with Crippen molar-refractivity contribution in [3.05, 3.63) is 41.5 Å². The van der Waals surface area contributed by atoms with Gasteiger partial charge in [0.2, 0.25) is 5.91 Å². The lowest BCUT2D eigenvalue weighted by atomic mass is 10.1. The summed E-state index contributed by atoms with van der Waals surface area (Å²) in [5.41, 5.74) is 2.15. The molecule has 5 nitrogen and oxygen atoms in total.